The van der Waals surface area contributed by atoms with E-state index in [1.165, 1.54) is 22.9 Å². The maximum absolute atomic E-state index is 5.85. The molecule has 3 rings (SSSR count). The van der Waals surface area contributed by atoms with Gasteiger partial charge in [-0.2, -0.15) is 0 Å². The van der Waals surface area contributed by atoms with E-state index >= 15 is 0 Å². The normalized spacial score (nSPS) is 10.9. The van der Waals surface area contributed by atoms with Crippen LogP contribution in [0.1, 0.15) is 5.69 Å². The molecule has 0 unspecified atom stereocenters. The van der Waals surface area contributed by atoms with Gasteiger partial charge in [0.25, 0.3) is 0 Å². The molecular weight excluding hydrogens is 300 g/mol. The highest BCUT2D eigenvalue weighted by Crippen LogP contribution is 2.24. The van der Waals surface area contributed by atoms with Crippen molar-refractivity contribution in [1.29, 1.82) is 0 Å². The number of anilines is 1. The minimum Gasteiger partial charge on any atom is -0.497 e. The fraction of sp³-hybridized carbons (Fsp3) is 0.250. The van der Waals surface area contributed by atoms with Crippen molar-refractivity contribution in [2.24, 2.45) is 0 Å². The smallest absolute Gasteiger partial charge is 0.134 e. The topological polar surface area (TPSA) is 52.0 Å². The summed E-state index contributed by atoms with van der Waals surface area (Å²) in [5, 5.41) is 4.90. The van der Waals surface area contributed by atoms with E-state index in [2.05, 4.69) is 45.0 Å². The first kappa shape index (κ1) is 14.7. The molecule has 6 heteroatoms. The number of ether oxygens (including phenoxy) is 1. The molecule has 0 radical (unpaired) electrons. The van der Waals surface area contributed by atoms with Gasteiger partial charge in [-0.15, -0.1) is 0 Å². The van der Waals surface area contributed by atoms with E-state index in [1.807, 2.05) is 6.07 Å². The molecule has 0 spiro atoms. The third kappa shape index (κ3) is 2.99. The van der Waals surface area contributed by atoms with E-state index in [0.29, 0.717) is 5.15 Å². The molecule has 0 atom stereocenters. The molecule has 0 aliphatic rings. The number of fused-ring (bicyclic) bond motifs is 1. The molecular formula is C16H17ClN4O. The Morgan fingerprint density at radius 3 is 2.86 bits per heavy atom. The highest BCUT2D eigenvalue weighted by molar-refractivity contribution is 6.29. The third-order valence-electron chi connectivity index (χ3n) is 3.59. The SMILES string of the molecule is COc1ccc2cc(C)n(CCNc3cc(Cl)ncn3)c2c1. The summed E-state index contributed by atoms with van der Waals surface area (Å²) in [4.78, 5) is 8.00. The predicted molar refractivity (Wildman–Crippen MR) is 88.8 cm³/mol. The van der Waals surface area contributed by atoms with Gasteiger partial charge in [0, 0.05) is 36.3 Å². The molecule has 0 fully saturated rings. The number of benzene rings is 1. The Labute approximate surface area is 133 Å². The van der Waals surface area contributed by atoms with Crippen LogP contribution in [0.15, 0.2) is 36.7 Å². The average Bonchev–Trinajstić information content (AvgIpc) is 2.82. The van der Waals surface area contributed by atoms with Crippen LogP contribution in [-0.2, 0) is 6.54 Å². The van der Waals surface area contributed by atoms with Crippen molar-refractivity contribution in [3.05, 3.63) is 47.5 Å². The second-order valence-corrected chi connectivity index (χ2v) is 5.40. The van der Waals surface area contributed by atoms with Crippen molar-refractivity contribution < 1.29 is 4.74 Å². The van der Waals surface area contributed by atoms with Gasteiger partial charge < -0.3 is 14.6 Å². The minimum absolute atomic E-state index is 0.435. The molecule has 5 nitrogen and oxygen atoms in total. The summed E-state index contributed by atoms with van der Waals surface area (Å²) < 4.78 is 7.57. The van der Waals surface area contributed by atoms with E-state index in [-0.39, 0.29) is 0 Å². The zero-order valence-electron chi connectivity index (χ0n) is 12.5. The summed E-state index contributed by atoms with van der Waals surface area (Å²) in [6.07, 6.45) is 1.45. The molecule has 0 amide bonds. The van der Waals surface area contributed by atoms with E-state index < -0.39 is 0 Å². The summed E-state index contributed by atoms with van der Waals surface area (Å²) in [7, 11) is 1.68. The second kappa shape index (κ2) is 6.23. The Hall–Kier alpha value is -2.27. The zero-order valence-corrected chi connectivity index (χ0v) is 13.3. The lowest BCUT2D eigenvalue weighted by molar-refractivity contribution is 0.415. The molecule has 114 valence electrons. The lowest BCUT2D eigenvalue weighted by atomic mass is 10.2. The molecule has 1 aromatic carbocycles. The van der Waals surface area contributed by atoms with Crippen LogP contribution in [0, 0.1) is 6.92 Å². The largest absolute Gasteiger partial charge is 0.497 e. The van der Waals surface area contributed by atoms with E-state index in [1.54, 1.807) is 13.2 Å². The number of rotatable bonds is 5. The van der Waals surface area contributed by atoms with Crippen LogP contribution in [-0.4, -0.2) is 28.2 Å². The van der Waals surface area contributed by atoms with Crippen molar-refractivity contribution in [2.45, 2.75) is 13.5 Å². The first-order valence-electron chi connectivity index (χ1n) is 7.02. The van der Waals surface area contributed by atoms with Crippen LogP contribution in [0.4, 0.5) is 5.82 Å². The molecule has 0 saturated carbocycles. The first-order chi connectivity index (χ1) is 10.7. The molecule has 0 bridgehead atoms. The molecule has 2 aromatic heterocycles. The van der Waals surface area contributed by atoms with Gasteiger partial charge in [-0.3, -0.25) is 0 Å². The summed E-state index contributed by atoms with van der Waals surface area (Å²) in [6, 6.07) is 10.0. The predicted octanol–water partition coefficient (Wildman–Crippen LogP) is 3.51. The maximum Gasteiger partial charge on any atom is 0.134 e. The van der Waals surface area contributed by atoms with Crippen molar-refractivity contribution >= 4 is 28.3 Å². The fourth-order valence-electron chi connectivity index (χ4n) is 2.52. The van der Waals surface area contributed by atoms with Crippen LogP contribution in [0.5, 0.6) is 5.75 Å². The lowest BCUT2D eigenvalue weighted by Gasteiger charge is -2.10. The average molecular weight is 317 g/mol. The van der Waals surface area contributed by atoms with Crippen molar-refractivity contribution in [3.63, 3.8) is 0 Å². The Morgan fingerprint density at radius 1 is 1.23 bits per heavy atom. The van der Waals surface area contributed by atoms with Crippen molar-refractivity contribution in [3.8, 4) is 5.75 Å². The lowest BCUT2D eigenvalue weighted by Crippen LogP contribution is -2.12. The van der Waals surface area contributed by atoms with Gasteiger partial charge in [0.15, 0.2) is 0 Å². The number of hydrogen-bond donors (Lipinski definition) is 1. The monoisotopic (exact) mass is 316 g/mol. The van der Waals surface area contributed by atoms with Crippen molar-refractivity contribution in [1.82, 2.24) is 14.5 Å². The number of hydrogen-bond acceptors (Lipinski definition) is 4. The van der Waals surface area contributed by atoms with Gasteiger partial charge in [-0.25, -0.2) is 9.97 Å². The number of methoxy groups -OCH3 is 1. The molecule has 3 aromatic rings. The summed E-state index contributed by atoms with van der Waals surface area (Å²) in [5.41, 5.74) is 2.38. The van der Waals surface area contributed by atoms with E-state index in [9.17, 15) is 0 Å². The zero-order chi connectivity index (χ0) is 15.5. The Kier molecular flexibility index (Phi) is 4.15. The summed E-state index contributed by atoms with van der Waals surface area (Å²) >= 11 is 5.85. The molecule has 2 heterocycles. The number of nitrogens with zero attached hydrogens (tertiary/aromatic N) is 3. The number of halogens is 1. The molecule has 0 aliphatic heterocycles. The van der Waals surface area contributed by atoms with Crippen LogP contribution in [0.2, 0.25) is 5.15 Å². The van der Waals surface area contributed by atoms with Crippen LogP contribution in [0.25, 0.3) is 10.9 Å². The van der Waals surface area contributed by atoms with Crippen LogP contribution in [0.3, 0.4) is 0 Å². The second-order valence-electron chi connectivity index (χ2n) is 5.01. The standard InChI is InChI=1S/C16H17ClN4O/c1-11-7-12-3-4-13(22-2)8-14(12)21(11)6-5-18-16-9-15(17)19-10-20-16/h3-4,7-10H,5-6H2,1-2H3,(H,18,19,20). The third-order valence-corrected chi connectivity index (χ3v) is 3.80. The maximum atomic E-state index is 5.85. The van der Waals surface area contributed by atoms with Crippen LogP contribution >= 0.6 is 11.6 Å². The van der Waals surface area contributed by atoms with Gasteiger partial charge >= 0.3 is 0 Å². The van der Waals surface area contributed by atoms with Gasteiger partial charge in [0.05, 0.1) is 12.6 Å². The van der Waals surface area contributed by atoms with Gasteiger partial charge in [0.2, 0.25) is 0 Å². The molecule has 0 aliphatic carbocycles. The van der Waals surface area contributed by atoms with E-state index in [4.69, 9.17) is 16.3 Å². The quantitative estimate of drug-likeness (QED) is 0.732. The van der Waals surface area contributed by atoms with Gasteiger partial charge in [0.1, 0.15) is 23.0 Å². The highest BCUT2D eigenvalue weighted by Gasteiger charge is 2.07. The fourth-order valence-corrected chi connectivity index (χ4v) is 2.67. The Morgan fingerprint density at radius 2 is 2.09 bits per heavy atom. The van der Waals surface area contributed by atoms with Crippen molar-refractivity contribution in [2.75, 3.05) is 19.0 Å². The first-order valence-corrected chi connectivity index (χ1v) is 7.40. The molecule has 22 heavy (non-hydrogen) atoms. The highest BCUT2D eigenvalue weighted by atomic mass is 35.5. The molecule has 0 saturated heterocycles. The van der Waals surface area contributed by atoms with Gasteiger partial charge in [-0.05, 0) is 25.1 Å². The van der Waals surface area contributed by atoms with E-state index in [0.717, 1.165) is 24.7 Å². The summed E-state index contributed by atoms with van der Waals surface area (Å²) in [5.74, 6) is 1.59. The number of aromatic nitrogens is 3. The number of nitrogens with one attached hydrogen (secondary N) is 1. The Bertz CT molecular complexity index is 800. The summed E-state index contributed by atoms with van der Waals surface area (Å²) in [6.45, 7) is 3.67. The van der Waals surface area contributed by atoms with Crippen LogP contribution < -0.4 is 10.1 Å². The number of aryl methyl sites for hydroxylation is 1. The minimum atomic E-state index is 0.435. The van der Waals surface area contributed by atoms with Gasteiger partial charge in [-0.1, -0.05) is 11.6 Å². The Balaban J connectivity index is 1.77. The molecule has 1 N–H and O–H groups in total.